The number of halogens is 2. The molecule has 8 heteroatoms. The quantitative estimate of drug-likeness (QED) is 0.765. The third kappa shape index (κ3) is 3.27. The molecule has 0 atom stereocenters. The number of aromatic nitrogens is 2. The molecule has 0 aliphatic heterocycles. The van der Waals surface area contributed by atoms with E-state index in [-0.39, 0.29) is 15.6 Å². The zero-order chi connectivity index (χ0) is 17.3. The van der Waals surface area contributed by atoms with Gasteiger partial charge in [-0.15, -0.1) is 0 Å². The smallest absolute Gasteiger partial charge is 0.265 e. The van der Waals surface area contributed by atoms with Crippen LogP contribution < -0.4 is 4.72 Å². The Morgan fingerprint density at radius 1 is 1.17 bits per heavy atom. The normalized spacial score (nSPS) is 11.5. The second-order valence-corrected chi connectivity index (χ2v) is 7.15. The number of benzene rings is 2. The monoisotopic (exact) mass is 365 g/mol. The van der Waals surface area contributed by atoms with E-state index in [0.717, 1.165) is 11.8 Å². The van der Waals surface area contributed by atoms with Gasteiger partial charge >= 0.3 is 0 Å². The minimum Gasteiger partial charge on any atom is -0.279 e. The Hall–Kier alpha value is -2.38. The number of hydrogen-bond acceptors (Lipinski definition) is 3. The average Bonchev–Trinajstić information content (AvgIpc) is 2.94. The number of anilines is 1. The SMILES string of the molecule is Cc1nn(-c2ccccc2)cc1S(=O)(=O)Nc1ccc(F)c(Cl)c1. The fourth-order valence-corrected chi connectivity index (χ4v) is 3.59. The molecule has 1 N–H and O–H groups in total. The van der Waals surface area contributed by atoms with Crippen molar-refractivity contribution in [3.8, 4) is 5.69 Å². The lowest BCUT2D eigenvalue weighted by Gasteiger charge is -2.07. The molecule has 0 radical (unpaired) electrons. The van der Waals surface area contributed by atoms with Gasteiger partial charge in [-0.1, -0.05) is 29.8 Å². The van der Waals surface area contributed by atoms with Crippen molar-refractivity contribution >= 4 is 27.3 Å². The van der Waals surface area contributed by atoms with Crippen LogP contribution in [0.5, 0.6) is 0 Å². The van der Waals surface area contributed by atoms with Crippen molar-refractivity contribution in [2.24, 2.45) is 0 Å². The van der Waals surface area contributed by atoms with Crippen molar-refractivity contribution < 1.29 is 12.8 Å². The largest absolute Gasteiger partial charge is 0.279 e. The van der Waals surface area contributed by atoms with Crippen LogP contribution in [-0.2, 0) is 10.0 Å². The molecule has 0 aliphatic rings. The molecule has 3 rings (SSSR count). The zero-order valence-corrected chi connectivity index (χ0v) is 14.1. The van der Waals surface area contributed by atoms with E-state index in [2.05, 4.69) is 9.82 Å². The van der Waals surface area contributed by atoms with E-state index in [1.165, 1.54) is 23.0 Å². The Morgan fingerprint density at radius 2 is 1.88 bits per heavy atom. The Balaban J connectivity index is 1.95. The van der Waals surface area contributed by atoms with Crippen LogP contribution in [0.2, 0.25) is 5.02 Å². The Kier molecular flexibility index (Phi) is 4.29. The molecule has 0 spiro atoms. The van der Waals surface area contributed by atoms with Crippen molar-refractivity contribution in [2.45, 2.75) is 11.8 Å². The van der Waals surface area contributed by atoms with Crippen LogP contribution in [0.1, 0.15) is 5.69 Å². The summed E-state index contributed by atoms with van der Waals surface area (Å²) in [4.78, 5) is 0.0341. The summed E-state index contributed by atoms with van der Waals surface area (Å²) in [5.41, 5.74) is 1.26. The molecule has 124 valence electrons. The van der Waals surface area contributed by atoms with Gasteiger partial charge in [-0.3, -0.25) is 4.72 Å². The number of nitrogens with one attached hydrogen (secondary N) is 1. The van der Waals surface area contributed by atoms with Crippen molar-refractivity contribution in [1.29, 1.82) is 0 Å². The van der Waals surface area contributed by atoms with Crippen LogP contribution in [0, 0.1) is 12.7 Å². The molecule has 0 unspecified atom stereocenters. The maximum absolute atomic E-state index is 13.2. The van der Waals surface area contributed by atoms with Gasteiger partial charge in [0, 0.05) is 0 Å². The first kappa shape index (κ1) is 16.5. The summed E-state index contributed by atoms with van der Waals surface area (Å²) in [6.07, 6.45) is 1.43. The number of aryl methyl sites for hydroxylation is 1. The zero-order valence-electron chi connectivity index (χ0n) is 12.6. The summed E-state index contributed by atoms with van der Waals surface area (Å²) in [5.74, 6) is -0.618. The molecular weight excluding hydrogens is 353 g/mol. The number of rotatable bonds is 4. The number of sulfonamides is 1. The van der Waals surface area contributed by atoms with Crippen LogP contribution in [0.25, 0.3) is 5.69 Å². The number of hydrogen-bond donors (Lipinski definition) is 1. The third-order valence-electron chi connectivity index (χ3n) is 3.34. The van der Waals surface area contributed by atoms with Crippen LogP contribution in [0.4, 0.5) is 10.1 Å². The van der Waals surface area contributed by atoms with Crippen LogP contribution in [0.15, 0.2) is 59.6 Å². The standard InChI is InChI=1S/C16H13ClFN3O2S/c1-11-16(10-21(19-11)13-5-3-2-4-6-13)24(22,23)20-12-7-8-15(18)14(17)9-12/h2-10,20H,1H3. The van der Waals surface area contributed by atoms with Crippen LogP contribution in [0.3, 0.4) is 0 Å². The predicted octanol–water partition coefficient (Wildman–Crippen LogP) is 3.77. The van der Waals surface area contributed by atoms with Crippen molar-refractivity contribution in [3.05, 3.63) is 71.3 Å². The fraction of sp³-hybridized carbons (Fsp3) is 0.0625. The molecule has 1 aromatic heterocycles. The van der Waals surface area contributed by atoms with E-state index >= 15 is 0 Å². The highest BCUT2D eigenvalue weighted by Crippen LogP contribution is 2.23. The maximum atomic E-state index is 13.2. The molecule has 3 aromatic rings. The number of nitrogens with zero attached hydrogens (tertiary/aromatic N) is 2. The molecule has 0 amide bonds. The highest BCUT2D eigenvalue weighted by molar-refractivity contribution is 7.92. The van der Waals surface area contributed by atoms with Gasteiger partial charge in [0.05, 0.1) is 28.3 Å². The van der Waals surface area contributed by atoms with Crippen LogP contribution >= 0.6 is 11.6 Å². The van der Waals surface area contributed by atoms with Crippen LogP contribution in [-0.4, -0.2) is 18.2 Å². The molecule has 24 heavy (non-hydrogen) atoms. The van der Waals surface area contributed by atoms with Gasteiger partial charge in [-0.25, -0.2) is 17.5 Å². The van der Waals surface area contributed by atoms with Crippen molar-refractivity contribution in [1.82, 2.24) is 9.78 Å². The van der Waals surface area contributed by atoms with Gasteiger partial charge in [0.1, 0.15) is 10.7 Å². The van der Waals surface area contributed by atoms with E-state index < -0.39 is 15.8 Å². The van der Waals surface area contributed by atoms with Gasteiger partial charge in [-0.05, 0) is 37.3 Å². The van der Waals surface area contributed by atoms with Gasteiger partial charge < -0.3 is 0 Å². The summed E-state index contributed by atoms with van der Waals surface area (Å²) in [6.45, 7) is 1.60. The van der Waals surface area contributed by atoms with E-state index in [4.69, 9.17) is 11.6 Å². The lowest BCUT2D eigenvalue weighted by atomic mass is 10.3. The Morgan fingerprint density at radius 3 is 2.54 bits per heavy atom. The molecule has 0 fully saturated rings. The third-order valence-corrected chi connectivity index (χ3v) is 5.11. The summed E-state index contributed by atoms with van der Waals surface area (Å²) >= 11 is 5.68. The first-order valence-electron chi connectivity index (χ1n) is 6.96. The second-order valence-electron chi connectivity index (χ2n) is 5.09. The first-order chi connectivity index (χ1) is 11.4. The van der Waals surface area contributed by atoms with Gasteiger partial charge in [0.2, 0.25) is 0 Å². The summed E-state index contributed by atoms with van der Waals surface area (Å²) in [5, 5.41) is 4.07. The minimum atomic E-state index is -3.88. The molecule has 0 saturated carbocycles. The first-order valence-corrected chi connectivity index (χ1v) is 8.82. The molecular formula is C16H13ClFN3O2S. The van der Waals surface area contributed by atoms with E-state index in [9.17, 15) is 12.8 Å². The lowest BCUT2D eigenvalue weighted by Crippen LogP contribution is -2.13. The molecule has 2 aromatic carbocycles. The van der Waals surface area contributed by atoms with E-state index in [1.54, 1.807) is 6.92 Å². The highest BCUT2D eigenvalue weighted by Gasteiger charge is 2.21. The van der Waals surface area contributed by atoms with E-state index in [1.807, 2.05) is 30.3 Å². The van der Waals surface area contributed by atoms with Crippen molar-refractivity contribution in [3.63, 3.8) is 0 Å². The summed E-state index contributed by atoms with van der Waals surface area (Å²) in [6, 6.07) is 12.8. The van der Waals surface area contributed by atoms with Crippen molar-refractivity contribution in [2.75, 3.05) is 4.72 Å². The maximum Gasteiger partial charge on any atom is 0.265 e. The Bertz CT molecular complexity index is 988. The van der Waals surface area contributed by atoms with E-state index in [0.29, 0.717) is 5.69 Å². The molecule has 0 bridgehead atoms. The fourth-order valence-electron chi connectivity index (χ4n) is 2.19. The lowest BCUT2D eigenvalue weighted by molar-refractivity contribution is 0.600. The van der Waals surface area contributed by atoms with Gasteiger partial charge in [0.25, 0.3) is 10.0 Å². The average molecular weight is 366 g/mol. The van der Waals surface area contributed by atoms with Gasteiger partial charge in [0.15, 0.2) is 0 Å². The topological polar surface area (TPSA) is 64.0 Å². The molecule has 1 heterocycles. The predicted molar refractivity (Wildman–Crippen MR) is 90.5 cm³/mol. The summed E-state index contributed by atoms with van der Waals surface area (Å²) < 4.78 is 42.2. The molecule has 5 nitrogen and oxygen atoms in total. The minimum absolute atomic E-state index is 0.0341. The molecule has 0 aliphatic carbocycles. The Labute approximate surface area is 143 Å². The molecule has 0 saturated heterocycles. The second kappa shape index (κ2) is 6.26. The number of para-hydroxylation sites is 1. The van der Waals surface area contributed by atoms with Gasteiger partial charge in [-0.2, -0.15) is 5.10 Å². The summed E-state index contributed by atoms with van der Waals surface area (Å²) in [7, 11) is -3.88. The highest BCUT2D eigenvalue weighted by atomic mass is 35.5.